The third-order valence-electron chi connectivity index (χ3n) is 3.02. The molecule has 0 amide bonds. The molecule has 1 heterocycles. The fourth-order valence-corrected chi connectivity index (χ4v) is 2.28. The zero-order valence-electron chi connectivity index (χ0n) is 10.7. The van der Waals surface area contributed by atoms with Crippen molar-refractivity contribution in [2.45, 2.75) is 25.2 Å². The minimum Gasteiger partial charge on any atom is -0.389 e. The number of ether oxygens (including phenoxy) is 1. The topological polar surface area (TPSA) is 52.9 Å². The van der Waals surface area contributed by atoms with Crippen LogP contribution in [0.3, 0.4) is 0 Å². The molecule has 0 spiro atoms. The summed E-state index contributed by atoms with van der Waals surface area (Å²) in [5.74, 6) is 0. The lowest BCUT2D eigenvalue weighted by molar-refractivity contribution is -0.102. The van der Waals surface area contributed by atoms with Gasteiger partial charge in [-0.1, -0.05) is 30.3 Å². The second kappa shape index (κ2) is 5.80. The van der Waals surface area contributed by atoms with E-state index in [4.69, 9.17) is 4.74 Å². The monoisotopic (exact) mass is 251 g/mol. The number of aliphatic hydroxyl groups excluding tert-OH is 1. The number of nitrogens with zero attached hydrogens (tertiary/aromatic N) is 1. The molecule has 18 heavy (non-hydrogen) atoms. The number of benzene rings is 1. The molecule has 100 valence electrons. The lowest BCUT2D eigenvalue weighted by Gasteiger charge is -2.44. The highest BCUT2D eigenvalue weighted by Crippen LogP contribution is 2.19. The summed E-state index contributed by atoms with van der Waals surface area (Å²) in [6.45, 7) is 4.47. The summed E-state index contributed by atoms with van der Waals surface area (Å²) in [7, 11) is 0. The molecule has 2 N–H and O–H groups in total. The van der Waals surface area contributed by atoms with Gasteiger partial charge in [0.2, 0.25) is 0 Å². The molecule has 4 nitrogen and oxygen atoms in total. The minimum atomic E-state index is -0.579. The molecule has 1 unspecified atom stereocenters. The second-order valence-corrected chi connectivity index (χ2v) is 5.32. The van der Waals surface area contributed by atoms with Gasteiger partial charge in [-0.3, -0.25) is 4.90 Å². The smallest absolute Gasteiger partial charge is 0.0900 e. The molecular weight excluding hydrogens is 230 g/mol. The van der Waals surface area contributed by atoms with Crippen LogP contribution in [0.1, 0.15) is 12.5 Å². The summed E-state index contributed by atoms with van der Waals surface area (Å²) in [6, 6.07) is 9.90. The Kier molecular flexibility index (Phi) is 4.35. The molecular formula is C14H21NO3. The van der Waals surface area contributed by atoms with E-state index in [1.54, 1.807) is 0 Å². The molecule has 0 saturated carbocycles. The highest BCUT2D eigenvalue weighted by molar-refractivity contribution is 5.13. The number of aliphatic hydroxyl groups is 2. The number of hydrogen-bond donors (Lipinski definition) is 2. The average Bonchev–Trinajstić information content (AvgIpc) is 2.28. The van der Waals surface area contributed by atoms with Crippen LogP contribution in [0, 0.1) is 0 Å². The number of likely N-dealkylation sites (tertiary alicyclic amines) is 1. The average molecular weight is 251 g/mol. The molecule has 1 saturated heterocycles. The van der Waals surface area contributed by atoms with E-state index in [-0.39, 0.29) is 0 Å². The van der Waals surface area contributed by atoms with Crippen molar-refractivity contribution in [3.05, 3.63) is 35.9 Å². The van der Waals surface area contributed by atoms with Crippen LogP contribution in [0.4, 0.5) is 0 Å². The van der Waals surface area contributed by atoms with Crippen LogP contribution < -0.4 is 0 Å². The van der Waals surface area contributed by atoms with Gasteiger partial charge in [0.25, 0.3) is 0 Å². The van der Waals surface area contributed by atoms with E-state index in [9.17, 15) is 10.2 Å². The van der Waals surface area contributed by atoms with Crippen molar-refractivity contribution in [1.29, 1.82) is 0 Å². The first-order valence-corrected chi connectivity index (χ1v) is 6.30. The van der Waals surface area contributed by atoms with Gasteiger partial charge in [0.1, 0.15) is 0 Å². The Hall–Kier alpha value is -0.940. The number of β-amino-alcohol motifs (C(OH)–C–C–N with tert-alkyl or cyclic N) is 2. The molecule has 1 atom stereocenters. The molecule has 0 aromatic heterocycles. The lowest BCUT2D eigenvalue weighted by atomic mass is 9.97. The maximum Gasteiger partial charge on any atom is 0.0900 e. The first kappa shape index (κ1) is 13.5. The Balaban J connectivity index is 1.59. The minimum absolute atomic E-state index is 0.327. The summed E-state index contributed by atoms with van der Waals surface area (Å²) >= 11 is 0. The number of hydrogen-bond acceptors (Lipinski definition) is 4. The molecule has 0 aliphatic carbocycles. The standard InChI is InChI=1S/C14H21NO3/c1-14(17)10-15(11-14)7-13(16)9-18-8-12-5-3-2-4-6-12/h2-6,13,16-17H,7-11H2,1H3. The second-order valence-electron chi connectivity index (χ2n) is 5.32. The fourth-order valence-electron chi connectivity index (χ4n) is 2.28. The van der Waals surface area contributed by atoms with Gasteiger partial charge in [-0.2, -0.15) is 0 Å². The van der Waals surface area contributed by atoms with Crippen LogP contribution in [0.25, 0.3) is 0 Å². The fraction of sp³-hybridized carbons (Fsp3) is 0.571. The maximum atomic E-state index is 9.78. The van der Waals surface area contributed by atoms with Gasteiger partial charge in [-0.05, 0) is 12.5 Å². The van der Waals surface area contributed by atoms with Crippen LogP contribution in [-0.4, -0.2) is 53.1 Å². The highest BCUT2D eigenvalue weighted by atomic mass is 16.5. The Bertz CT molecular complexity index is 359. The third kappa shape index (κ3) is 4.07. The van der Waals surface area contributed by atoms with Gasteiger partial charge in [0, 0.05) is 19.6 Å². The summed E-state index contributed by atoms with van der Waals surface area (Å²) in [5.41, 5.74) is 0.529. The molecule has 1 aromatic rings. The van der Waals surface area contributed by atoms with E-state index < -0.39 is 11.7 Å². The first-order chi connectivity index (χ1) is 8.55. The zero-order valence-corrected chi connectivity index (χ0v) is 10.7. The predicted molar refractivity (Wildman–Crippen MR) is 69.2 cm³/mol. The zero-order chi connectivity index (χ0) is 13.0. The van der Waals surface area contributed by atoms with Crippen molar-refractivity contribution in [3.8, 4) is 0 Å². The summed E-state index contributed by atoms with van der Waals surface area (Å²) in [5, 5.41) is 19.4. The van der Waals surface area contributed by atoms with E-state index in [1.165, 1.54) is 0 Å². The highest BCUT2D eigenvalue weighted by Gasteiger charge is 2.36. The Labute approximate surface area is 108 Å². The summed E-state index contributed by atoms with van der Waals surface area (Å²) in [4.78, 5) is 2.02. The van der Waals surface area contributed by atoms with Crippen molar-refractivity contribution in [3.63, 3.8) is 0 Å². The molecule has 0 radical (unpaired) electrons. The molecule has 1 aliphatic heterocycles. The quantitative estimate of drug-likeness (QED) is 0.778. The van der Waals surface area contributed by atoms with Crippen molar-refractivity contribution in [1.82, 2.24) is 4.90 Å². The summed E-state index contributed by atoms with van der Waals surface area (Å²) < 4.78 is 5.46. The molecule has 2 rings (SSSR count). The van der Waals surface area contributed by atoms with E-state index in [0.717, 1.165) is 5.56 Å². The van der Waals surface area contributed by atoms with Gasteiger partial charge in [-0.15, -0.1) is 0 Å². The van der Waals surface area contributed by atoms with Crippen molar-refractivity contribution >= 4 is 0 Å². The van der Waals surface area contributed by atoms with Crippen molar-refractivity contribution in [2.75, 3.05) is 26.2 Å². The largest absolute Gasteiger partial charge is 0.389 e. The van der Waals surface area contributed by atoms with Gasteiger partial charge in [0.05, 0.1) is 24.9 Å². The Morgan fingerprint density at radius 2 is 2.00 bits per heavy atom. The lowest BCUT2D eigenvalue weighted by Crippen LogP contribution is -2.61. The van der Waals surface area contributed by atoms with Crippen LogP contribution in [0.2, 0.25) is 0 Å². The molecule has 1 aliphatic rings. The molecule has 4 heteroatoms. The van der Waals surface area contributed by atoms with E-state index in [1.807, 2.05) is 42.2 Å². The van der Waals surface area contributed by atoms with E-state index in [2.05, 4.69) is 0 Å². The van der Waals surface area contributed by atoms with Crippen LogP contribution in [-0.2, 0) is 11.3 Å². The SMILES string of the molecule is CC1(O)CN(CC(O)COCc2ccccc2)C1. The number of rotatable bonds is 6. The van der Waals surface area contributed by atoms with Crippen LogP contribution in [0.5, 0.6) is 0 Å². The Morgan fingerprint density at radius 1 is 1.33 bits per heavy atom. The van der Waals surface area contributed by atoms with Crippen LogP contribution in [0.15, 0.2) is 30.3 Å². The summed E-state index contributed by atoms with van der Waals surface area (Å²) in [6.07, 6.45) is -0.496. The third-order valence-corrected chi connectivity index (χ3v) is 3.02. The molecule has 1 aromatic carbocycles. The van der Waals surface area contributed by atoms with Gasteiger partial charge < -0.3 is 14.9 Å². The van der Waals surface area contributed by atoms with Crippen LogP contribution >= 0.6 is 0 Å². The van der Waals surface area contributed by atoms with Gasteiger partial charge in [0.15, 0.2) is 0 Å². The Morgan fingerprint density at radius 3 is 2.61 bits per heavy atom. The van der Waals surface area contributed by atoms with E-state index >= 15 is 0 Å². The molecule has 1 fully saturated rings. The predicted octanol–water partition coefficient (Wildman–Crippen LogP) is 0.631. The van der Waals surface area contributed by atoms with Crippen molar-refractivity contribution in [2.24, 2.45) is 0 Å². The van der Waals surface area contributed by atoms with Gasteiger partial charge in [-0.25, -0.2) is 0 Å². The van der Waals surface area contributed by atoms with E-state index in [0.29, 0.717) is 32.8 Å². The first-order valence-electron chi connectivity index (χ1n) is 6.30. The van der Waals surface area contributed by atoms with Crippen molar-refractivity contribution < 1.29 is 14.9 Å². The van der Waals surface area contributed by atoms with Gasteiger partial charge >= 0.3 is 0 Å². The normalized spacial score (nSPS) is 20.4. The maximum absolute atomic E-state index is 9.78. The molecule has 0 bridgehead atoms.